The van der Waals surface area contributed by atoms with E-state index in [4.69, 9.17) is 4.74 Å². The number of hydrogen-bond donors (Lipinski definition) is 0. The lowest BCUT2D eigenvalue weighted by Gasteiger charge is -2.00. The first kappa shape index (κ1) is 13.3. The molecule has 0 aliphatic heterocycles. The molecule has 0 aliphatic carbocycles. The smallest absolute Gasteiger partial charge is 0.330 e. The Morgan fingerprint density at radius 2 is 2.00 bits per heavy atom. The number of benzene rings is 1. The second-order valence-electron chi connectivity index (χ2n) is 3.74. The molecule has 1 aromatic heterocycles. The lowest BCUT2D eigenvalue weighted by Crippen LogP contribution is -2.01. The molecule has 98 valence electrons. The molecule has 0 unspecified atom stereocenters. The largest absolute Gasteiger partial charge is 0.466 e. The number of methoxy groups -OCH3 is 1. The number of hydrogen-bond acceptors (Lipinski definition) is 5. The monoisotopic (exact) mass is 276 g/mol. The number of fused-ring (bicyclic) bond motifs is 1. The summed E-state index contributed by atoms with van der Waals surface area (Å²) in [7, 11) is 1.31. The predicted molar refractivity (Wildman–Crippen MR) is 74.2 cm³/mol. The Labute approximate surface area is 114 Å². The zero-order chi connectivity index (χ0) is 13.8. The quantitative estimate of drug-likeness (QED) is 0.638. The lowest BCUT2D eigenvalue weighted by atomic mass is 10.2. The van der Waals surface area contributed by atoms with Gasteiger partial charge in [-0.15, -0.1) is 11.3 Å². The Kier molecular flexibility index (Phi) is 3.97. The zero-order valence-corrected chi connectivity index (χ0v) is 11.3. The van der Waals surface area contributed by atoms with Gasteiger partial charge >= 0.3 is 11.9 Å². The second kappa shape index (κ2) is 5.67. The van der Waals surface area contributed by atoms with Crippen LogP contribution < -0.4 is 4.74 Å². The molecule has 0 saturated carbocycles. The van der Waals surface area contributed by atoms with Gasteiger partial charge < -0.3 is 9.47 Å². The van der Waals surface area contributed by atoms with Gasteiger partial charge in [0.15, 0.2) is 5.75 Å². The molecule has 2 rings (SSSR count). The van der Waals surface area contributed by atoms with Crippen molar-refractivity contribution in [3.05, 3.63) is 35.2 Å². The van der Waals surface area contributed by atoms with Gasteiger partial charge in [-0.05, 0) is 18.2 Å². The summed E-state index contributed by atoms with van der Waals surface area (Å²) in [4.78, 5) is 23.0. The molecule has 0 radical (unpaired) electrons. The van der Waals surface area contributed by atoms with Crippen molar-refractivity contribution < 1.29 is 19.1 Å². The van der Waals surface area contributed by atoms with Crippen LogP contribution in [0.3, 0.4) is 0 Å². The molecule has 0 amide bonds. The van der Waals surface area contributed by atoms with E-state index in [1.807, 2.05) is 24.3 Å². The number of ether oxygens (including phenoxy) is 2. The van der Waals surface area contributed by atoms with Gasteiger partial charge in [0.05, 0.1) is 12.0 Å². The number of carbonyl (C=O) groups is 2. The maximum Gasteiger partial charge on any atom is 0.330 e. The van der Waals surface area contributed by atoms with E-state index in [1.165, 1.54) is 31.4 Å². The molecule has 5 heteroatoms. The standard InChI is InChI=1S/C14H12O4S/c1-9(15)18-14-10-5-3-4-6-11(10)19-12(14)7-8-13(16)17-2/h3-8H,1-2H3/b8-7+. The minimum Gasteiger partial charge on any atom is -0.466 e. The molecule has 19 heavy (non-hydrogen) atoms. The van der Waals surface area contributed by atoms with Crippen LogP contribution in [0, 0.1) is 0 Å². The summed E-state index contributed by atoms with van der Waals surface area (Å²) in [6, 6.07) is 7.59. The number of carbonyl (C=O) groups excluding carboxylic acids is 2. The maximum atomic E-state index is 11.2. The molecule has 2 aromatic rings. The van der Waals surface area contributed by atoms with Crippen LogP contribution in [-0.2, 0) is 14.3 Å². The molecule has 0 aliphatic rings. The maximum absolute atomic E-state index is 11.2. The molecule has 0 bridgehead atoms. The van der Waals surface area contributed by atoms with E-state index < -0.39 is 11.9 Å². The third-order valence-corrected chi connectivity index (χ3v) is 3.51. The van der Waals surface area contributed by atoms with E-state index in [1.54, 1.807) is 6.08 Å². The van der Waals surface area contributed by atoms with Crippen molar-refractivity contribution in [3.63, 3.8) is 0 Å². The van der Waals surface area contributed by atoms with Gasteiger partial charge in [-0.3, -0.25) is 4.79 Å². The third-order valence-electron chi connectivity index (χ3n) is 2.39. The number of esters is 2. The van der Waals surface area contributed by atoms with Gasteiger partial charge in [0.2, 0.25) is 0 Å². The average Bonchev–Trinajstić information content (AvgIpc) is 2.74. The van der Waals surface area contributed by atoms with Crippen molar-refractivity contribution in [2.24, 2.45) is 0 Å². The van der Waals surface area contributed by atoms with Gasteiger partial charge in [-0.25, -0.2) is 4.79 Å². The molecule has 1 aromatic carbocycles. The SMILES string of the molecule is COC(=O)/C=C/c1sc2ccccc2c1OC(C)=O. The fourth-order valence-corrected chi connectivity index (χ4v) is 2.65. The topological polar surface area (TPSA) is 52.6 Å². The van der Waals surface area contributed by atoms with Crippen LogP contribution >= 0.6 is 11.3 Å². The Balaban J connectivity index is 2.49. The van der Waals surface area contributed by atoms with E-state index in [0.29, 0.717) is 10.6 Å². The lowest BCUT2D eigenvalue weighted by molar-refractivity contribution is -0.134. The first-order chi connectivity index (χ1) is 9.11. The molecular formula is C14H12O4S. The molecular weight excluding hydrogens is 264 g/mol. The normalized spacial score (nSPS) is 10.8. The highest BCUT2D eigenvalue weighted by Gasteiger charge is 2.13. The van der Waals surface area contributed by atoms with E-state index in [0.717, 1.165) is 10.1 Å². The summed E-state index contributed by atoms with van der Waals surface area (Å²) in [6.45, 7) is 1.35. The van der Waals surface area contributed by atoms with Gasteiger partial charge in [-0.2, -0.15) is 0 Å². The van der Waals surface area contributed by atoms with Crippen molar-refractivity contribution >= 4 is 39.4 Å². The summed E-state index contributed by atoms with van der Waals surface area (Å²) < 4.78 is 10.8. The summed E-state index contributed by atoms with van der Waals surface area (Å²) in [5.74, 6) is -0.365. The zero-order valence-electron chi connectivity index (χ0n) is 10.5. The second-order valence-corrected chi connectivity index (χ2v) is 4.83. The van der Waals surface area contributed by atoms with Crippen molar-refractivity contribution in [2.45, 2.75) is 6.92 Å². The number of rotatable bonds is 3. The van der Waals surface area contributed by atoms with Crippen molar-refractivity contribution in [1.29, 1.82) is 0 Å². The molecule has 0 saturated heterocycles. The Morgan fingerprint density at radius 1 is 1.26 bits per heavy atom. The van der Waals surface area contributed by atoms with E-state index in [2.05, 4.69) is 4.74 Å². The highest BCUT2D eigenvalue weighted by Crippen LogP contribution is 2.38. The van der Waals surface area contributed by atoms with E-state index in [9.17, 15) is 9.59 Å². The highest BCUT2D eigenvalue weighted by molar-refractivity contribution is 7.20. The Morgan fingerprint density at radius 3 is 2.68 bits per heavy atom. The van der Waals surface area contributed by atoms with E-state index in [-0.39, 0.29) is 0 Å². The van der Waals surface area contributed by atoms with Crippen LogP contribution in [0.2, 0.25) is 0 Å². The molecule has 0 atom stereocenters. The Bertz CT molecular complexity index is 655. The van der Waals surface area contributed by atoms with Gasteiger partial charge in [0, 0.05) is 23.1 Å². The minimum atomic E-state index is -0.453. The predicted octanol–water partition coefficient (Wildman–Crippen LogP) is 3.01. The molecule has 0 N–H and O–H groups in total. The van der Waals surface area contributed by atoms with Crippen LogP contribution in [0.5, 0.6) is 5.75 Å². The van der Waals surface area contributed by atoms with Gasteiger partial charge in [-0.1, -0.05) is 12.1 Å². The fourth-order valence-electron chi connectivity index (χ4n) is 1.61. The van der Waals surface area contributed by atoms with Crippen LogP contribution in [0.4, 0.5) is 0 Å². The third kappa shape index (κ3) is 3.00. The van der Waals surface area contributed by atoms with E-state index >= 15 is 0 Å². The van der Waals surface area contributed by atoms with Crippen molar-refractivity contribution in [3.8, 4) is 5.75 Å². The van der Waals surface area contributed by atoms with Crippen LogP contribution in [0.1, 0.15) is 11.8 Å². The van der Waals surface area contributed by atoms with Crippen molar-refractivity contribution in [2.75, 3.05) is 7.11 Å². The molecule has 4 nitrogen and oxygen atoms in total. The molecule has 0 fully saturated rings. The summed E-state index contributed by atoms with van der Waals surface area (Å²) in [5, 5.41) is 0.854. The van der Waals surface area contributed by atoms with Gasteiger partial charge in [0.1, 0.15) is 0 Å². The number of thiophene rings is 1. The van der Waals surface area contributed by atoms with Gasteiger partial charge in [0.25, 0.3) is 0 Å². The fraction of sp³-hybridized carbons (Fsp3) is 0.143. The highest BCUT2D eigenvalue weighted by atomic mass is 32.1. The van der Waals surface area contributed by atoms with Crippen LogP contribution in [0.15, 0.2) is 30.3 Å². The van der Waals surface area contributed by atoms with Crippen LogP contribution in [0.25, 0.3) is 16.2 Å². The summed E-state index contributed by atoms with van der Waals surface area (Å²) in [6.07, 6.45) is 2.90. The molecule has 1 heterocycles. The first-order valence-electron chi connectivity index (χ1n) is 5.58. The molecule has 0 spiro atoms. The summed E-state index contributed by atoms with van der Waals surface area (Å²) >= 11 is 1.45. The Hall–Kier alpha value is -2.14. The first-order valence-corrected chi connectivity index (χ1v) is 6.39. The minimum absolute atomic E-state index is 0.392. The van der Waals surface area contributed by atoms with Crippen LogP contribution in [-0.4, -0.2) is 19.0 Å². The van der Waals surface area contributed by atoms with Crippen molar-refractivity contribution in [1.82, 2.24) is 0 Å². The summed E-state index contributed by atoms with van der Waals surface area (Å²) in [5.41, 5.74) is 0. The average molecular weight is 276 g/mol.